The lowest BCUT2D eigenvalue weighted by Gasteiger charge is -2.20. The molecular formula is C14H22N2O2S. The fraction of sp³-hybridized carbons (Fsp3) is 0.571. The van der Waals surface area contributed by atoms with Crippen molar-refractivity contribution in [2.24, 2.45) is 11.7 Å². The summed E-state index contributed by atoms with van der Waals surface area (Å²) in [6.45, 7) is 4.33. The summed E-state index contributed by atoms with van der Waals surface area (Å²) >= 11 is 0. The van der Waals surface area contributed by atoms with E-state index in [0.717, 1.165) is 30.4 Å². The Morgan fingerprint density at radius 3 is 2.68 bits per heavy atom. The molecule has 2 atom stereocenters. The minimum Gasteiger partial charge on any atom is -0.330 e. The van der Waals surface area contributed by atoms with Gasteiger partial charge in [0, 0.05) is 6.04 Å². The third-order valence-electron chi connectivity index (χ3n) is 3.89. The summed E-state index contributed by atoms with van der Waals surface area (Å²) in [6.07, 6.45) is 2.94. The first-order valence-electron chi connectivity index (χ1n) is 6.73. The predicted octanol–water partition coefficient (Wildman–Crippen LogP) is 1.71. The lowest BCUT2D eigenvalue weighted by molar-refractivity contribution is 0.452. The second-order valence-electron chi connectivity index (χ2n) is 5.42. The van der Waals surface area contributed by atoms with Crippen molar-refractivity contribution in [3.05, 3.63) is 29.3 Å². The van der Waals surface area contributed by atoms with E-state index in [0.29, 0.717) is 11.4 Å². The molecular weight excluding hydrogens is 260 g/mol. The standard InChI is InChI=1S/C14H22N2O2S/c1-10-6-7-14(11(2)8-10)19(17,18)16-13-5-3-4-12(13)9-15/h6-8,12-13,16H,3-5,9,15H2,1-2H3. The van der Waals surface area contributed by atoms with Crippen molar-refractivity contribution in [1.82, 2.24) is 4.72 Å². The van der Waals surface area contributed by atoms with Crippen molar-refractivity contribution < 1.29 is 8.42 Å². The number of hydrogen-bond acceptors (Lipinski definition) is 3. The lowest BCUT2D eigenvalue weighted by Crippen LogP contribution is -2.40. The molecule has 0 spiro atoms. The Labute approximate surface area is 115 Å². The monoisotopic (exact) mass is 282 g/mol. The fourth-order valence-corrected chi connectivity index (χ4v) is 4.40. The third kappa shape index (κ3) is 3.16. The summed E-state index contributed by atoms with van der Waals surface area (Å²) in [7, 11) is -3.44. The highest BCUT2D eigenvalue weighted by Gasteiger charge is 2.30. The van der Waals surface area contributed by atoms with Crippen molar-refractivity contribution in [3.8, 4) is 0 Å². The highest BCUT2D eigenvalue weighted by Crippen LogP contribution is 2.27. The number of benzene rings is 1. The first kappa shape index (κ1) is 14.5. The second kappa shape index (κ2) is 5.61. The van der Waals surface area contributed by atoms with Gasteiger partial charge in [-0.25, -0.2) is 13.1 Å². The topological polar surface area (TPSA) is 72.2 Å². The smallest absolute Gasteiger partial charge is 0.241 e. The van der Waals surface area contributed by atoms with E-state index in [1.54, 1.807) is 6.07 Å². The van der Waals surface area contributed by atoms with E-state index in [1.165, 1.54) is 0 Å². The van der Waals surface area contributed by atoms with Crippen LogP contribution in [0, 0.1) is 19.8 Å². The van der Waals surface area contributed by atoms with Gasteiger partial charge in [-0.3, -0.25) is 0 Å². The van der Waals surface area contributed by atoms with Crippen LogP contribution in [0.25, 0.3) is 0 Å². The van der Waals surface area contributed by atoms with Gasteiger partial charge in [-0.1, -0.05) is 24.1 Å². The van der Waals surface area contributed by atoms with Crippen LogP contribution in [0.15, 0.2) is 23.1 Å². The minimum atomic E-state index is -3.44. The summed E-state index contributed by atoms with van der Waals surface area (Å²) in [5.41, 5.74) is 7.55. The molecule has 4 nitrogen and oxygen atoms in total. The maximum absolute atomic E-state index is 12.4. The Hall–Kier alpha value is -0.910. The Morgan fingerprint density at radius 2 is 2.05 bits per heavy atom. The van der Waals surface area contributed by atoms with Crippen LogP contribution in [0.1, 0.15) is 30.4 Å². The molecule has 1 fully saturated rings. The Kier molecular flexibility index (Phi) is 4.28. The van der Waals surface area contributed by atoms with E-state index >= 15 is 0 Å². The SMILES string of the molecule is Cc1ccc(S(=O)(=O)NC2CCCC2CN)c(C)c1. The molecule has 1 aromatic rings. The van der Waals surface area contributed by atoms with E-state index in [2.05, 4.69) is 4.72 Å². The Bertz CT molecular complexity index is 555. The van der Waals surface area contributed by atoms with Crippen LogP contribution in [0.4, 0.5) is 0 Å². The number of aryl methyl sites for hydroxylation is 2. The van der Waals surface area contributed by atoms with Gasteiger partial charge >= 0.3 is 0 Å². The van der Waals surface area contributed by atoms with E-state index in [9.17, 15) is 8.42 Å². The van der Waals surface area contributed by atoms with Crippen LogP contribution >= 0.6 is 0 Å². The summed E-state index contributed by atoms with van der Waals surface area (Å²) in [5.74, 6) is 0.264. The van der Waals surface area contributed by atoms with Crippen LogP contribution in [-0.2, 0) is 10.0 Å². The van der Waals surface area contributed by atoms with Crippen molar-refractivity contribution in [3.63, 3.8) is 0 Å². The fourth-order valence-electron chi connectivity index (χ4n) is 2.84. The number of rotatable bonds is 4. The summed E-state index contributed by atoms with van der Waals surface area (Å²) in [6, 6.07) is 5.38. The van der Waals surface area contributed by atoms with Crippen molar-refractivity contribution >= 4 is 10.0 Å². The Balaban J connectivity index is 2.23. The summed E-state index contributed by atoms with van der Waals surface area (Å²) in [4.78, 5) is 0.376. The molecule has 0 bridgehead atoms. The van der Waals surface area contributed by atoms with Crippen LogP contribution in [0.5, 0.6) is 0 Å². The van der Waals surface area contributed by atoms with Gasteiger partial charge in [0.2, 0.25) is 10.0 Å². The molecule has 2 unspecified atom stereocenters. The summed E-state index contributed by atoms with van der Waals surface area (Å²) < 4.78 is 27.7. The van der Waals surface area contributed by atoms with Crippen molar-refractivity contribution in [1.29, 1.82) is 0 Å². The maximum Gasteiger partial charge on any atom is 0.241 e. The molecule has 1 aliphatic rings. The van der Waals surface area contributed by atoms with Crippen LogP contribution in [0.2, 0.25) is 0 Å². The zero-order valence-electron chi connectivity index (χ0n) is 11.5. The van der Waals surface area contributed by atoms with Gasteiger partial charge in [-0.05, 0) is 50.8 Å². The number of hydrogen-bond donors (Lipinski definition) is 2. The van der Waals surface area contributed by atoms with Crippen LogP contribution in [0.3, 0.4) is 0 Å². The maximum atomic E-state index is 12.4. The van der Waals surface area contributed by atoms with Gasteiger partial charge < -0.3 is 5.73 Å². The molecule has 0 radical (unpaired) electrons. The van der Waals surface area contributed by atoms with Crippen LogP contribution in [-0.4, -0.2) is 21.0 Å². The molecule has 1 aromatic carbocycles. The molecule has 0 amide bonds. The van der Waals surface area contributed by atoms with E-state index in [1.807, 2.05) is 26.0 Å². The number of sulfonamides is 1. The van der Waals surface area contributed by atoms with Gasteiger partial charge in [0.05, 0.1) is 4.90 Å². The zero-order valence-corrected chi connectivity index (χ0v) is 12.3. The molecule has 0 aromatic heterocycles. The molecule has 19 heavy (non-hydrogen) atoms. The molecule has 1 saturated carbocycles. The van der Waals surface area contributed by atoms with Gasteiger partial charge in [0.15, 0.2) is 0 Å². The quantitative estimate of drug-likeness (QED) is 0.883. The average molecular weight is 282 g/mol. The average Bonchev–Trinajstić information content (AvgIpc) is 2.74. The Morgan fingerprint density at radius 1 is 1.32 bits per heavy atom. The molecule has 0 saturated heterocycles. The summed E-state index contributed by atoms with van der Waals surface area (Å²) in [5, 5.41) is 0. The van der Waals surface area contributed by atoms with Gasteiger partial charge in [0.25, 0.3) is 0 Å². The van der Waals surface area contributed by atoms with Gasteiger partial charge in [-0.15, -0.1) is 0 Å². The predicted molar refractivity (Wildman–Crippen MR) is 76.4 cm³/mol. The van der Waals surface area contributed by atoms with E-state index in [4.69, 9.17) is 5.73 Å². The highest BCUT2D eigenvalue weighted by atomic mass is 32.2. The lowest BCUT2D eigenvalue weighted by atomic mass is 10.1. The van der Waals surface area contributed by atoms with E-state index < -0.39 is 10.0 Å². The highest BCUT2D eigenvalue weighted by molar-refractivity contribution is 7.89. The molecule has 2 rings (SSSR count). The van der Waals surface area contributed by atoms with Gasteiger partial charge in [0.1, 0.15) is 0 Å². The number of nitrogens with two attached hydrogens (primary N) is 1. The minimum absolute atomic E-state index is 0.0179. The normalized spacial score (nSPS) is 23.7. The third-order valence-corrected chi connectivity index (χ3v) is 5.54. The molecule has 0 aliphatic heterocycles. The van der Waals surface area contributed by atoms with Crippen molar-refractivity contribution in [2.75, 3.05) is 6.54 Å². The molecule has 3 N–H and O–H groups in total. The molecule has 5 heteroatoms. The first-order valence-corrected chi connectivity index (χ1v) is 8.22. The molecule has 106 valence electrons. The number of nitrogens with one attached hydrogen (secondary N) is 1. The van der Waals surface area contributed by atoms with Crippen molar-refractivity contribution in [2.45, 2.75) is 44.0 Å². The largest absolute Gasteiger partial charge is 0.330 e. The van der Waals surface area contributed by atoms with E-state index in [-0.39, 0.29) is 12.0 Å². The second-order valence-corrected chi connectivity index (χ2v) is 7.11. The van der Waals surface area contributed by atoms with Gasteiger partial charge in [-0.2, -0.15) is 0 Å². The van der Waals surface area contributed by atoms with Crippen LogP contribution < -0.4 is 10.5 Å². The molecule has 1 aliphatic carbocycles. The molecule has 0 heterocycles. The first-order chi connectivity index (χ1) is 8.94. The zero-order chi connectivity index (χ0) is 14.0.